The summed E-state index contributed by atoms with van der Waals surface area (Å²) in [6, 6.07) is 15.5. The van der Waals surface area contributed by atoms with Crippen LogP contribution < -0.4 is 10.2 Å². The largest absolute Gasteiger partial charge is 0.351 e. The molecule has 1 aliphatic heterocycles. The van der Waals surface area contributed by atoms with Crippen molar-refractivity contribution < 1.29 is 18.9 Å². The van der Waals surface area contributed by atoms with E-state index in [1.54, 1.807) is 12.1 Å². The van der Waals surface area contributed by atoms with Gasteiger partial charge in [-0.05, 0) is 43.2 Å². The minimum absolute atomic E-state index is 0.0138. The monoisotopic (exact) mass is 384 g/mol. The lowest BCUT2D eigenvalue weighted by Gasteiger charge is -2.34. The molecule has 1 heterocycles. The maximum atomic E-state index is 12.9. The predicted molar refractivity (Wildman–Crippen MR) is 106 cm³/mol. The van der Waals surface area contributed by atoms with Crippen LogP contribution >= 0.6 is 0 Å². The maximum Gasteiger partial charge on any atom is 0.278 e. The molecule has 2 N–H and O–H groups in total. The highest BCUT2D eigenvalue weighted by Crippen LogP contribution is 2.05. The fourth-order valence-corrected chi connectivity index (χ4v) is 3.51. The van der Waals surface area contributed by atoms with Crippen LogP contribution in [0.2, 0.25) is 0 Å². The van der Waals surface area contributed by atoms with Crippen LogP contribution in [0.25, 0.3) is 0 Å². The van der Waals surface area contributed by atoms with Gasteiger partial charge in [-0.1, -0.05) is 30.3 Å². The topological polar surface area (TPSA) is 53.9 Å². The number of carbonyl (C=O) groups is 2. The van der Waals surface area contributed by atoms with Crippen molar-refractivity contribution in [1.82, 2.24) is 10.2 Å². The normalized spacial score (nSPS) is 15.9. The summed E-state index contributed by atoms with van der Waals surface area (Å²) in [7, 11) is 0. The van der Waals surface area contributed by atoms with E-state index in [1.807, 2.05) is 42.2 Å². The summed E-state index contributed by atoms with van der Waals surface area (Å²) in [6.07, 6.45) is 0.674. The number of nitrogens with one attached hydrogen (secondary N) is 2. The Hall–Kier alpha value is -2.73. The van der Waals surface area contributed by atoms with Crippen LogP contribution in [0.4, 0.5) is 4.39 Å². The van der Waals surface area contributed by atoms with E-state index in [0.717, 1.165) is 18.7 Å². The lowest BCUT2D eigenvalue weighted by atomic mass is 10.1. The van der Waals surface area contributed by atoms with Crippen molar-refractivity contribution in [1.29, 1.82) is 0 Å². The van der Waals surface area contributed by atoms with Gasteiger partial charge in [0.05, 0.1) is 26.2 Å². The van der Waals surface area contributed by atoms with Crippen LogP contribution in [0.3, 0.4) is 0 Å². The molecule has 28 heavy (non-hydrogen) atoms. The van der Waals surface area contributed by atoms with E-state index in [4.69, 9.17) is 0 Å². The standard InChI is InChI=1S/C22H26FN3O2/c1-17(21(27)24-12-11-18-7-9-20(23)10-8-18)25-13-15-26(16-14-25)22(28)19-5-3-2-4-6-19/h2-10,17H,11-16H2,1H3,(H,24,27)/p+1/t17-/m1/s1. The summed E-state index contributed by atoms with van der Waals surface area (Å²) in [6.45, 7) is 5.26. The second-order valence-corrected chi connectivity index (χ2v) is 7.21. The molecule has 1 atom stereocenters. The van der Waals surface area contributed by atoms with Gasteiger partial charge in [0.25, 0.3) is 11.8 Å². The highest BCUT2D eigenvalue weighted by atomic mass is 19.1. The first-order valence-corrected chi connectivity index (χ1v) is 9.75. The molecule has 0 aromatic heterocycles. The highest BCUT2D eigenvalue weighted by molar-refractivity contribution is 5.94. The molecule has 0 radical (unpaired) electrons. The fraction of sp³-hybridized carbons (Fsp3) is 0.364. The van der Waals surface area contributed by atoms with Crippen molar-refractivity contribution in [2.45, 2.75) is 19.4 Å². The van der Waals surface area contributed by atoms with Crippen molar-refractivity contribution in [2.75, 3.05) is 32.7 Å². The Labute approximate surface area is 165 Å². The summed E-state index contributed by atoms with van der Waals surface area (Å²) in [5.74, 6) is -0.189. The Kier molecular flexibility index (Phi) is 6.76. The van der Waals surface area contributed by atoms with Gasteiger partial charge < -0.3 is 15.1 Å². The van der Waals surface area contributed by atoms with Crippen molar-refractivity contribution in [3.63, 3.8) is 0 Å². The van der Waals surface area contributed by atoms with Gasteiger partial charge in [0.2, 0.25) is 0 Å². The molecule has 2 aromatic carbocycles. The summed E-state index contributed by atoms with van der Waals surface area (Å²) >= 11 is 0. The number of carbonyl (C=O) groups excluding carboxylic acids is 2. The average Bonchev–Trinajstić information content (AvgIpc) is 2.74. The molecule has 0 unspecified atom stereocenters. The Morgan fingerprint density at radius 2 is 1.71 bits per heavy atom. The van der Waals surface area contributed by atoms with Crippen molar-refractivity contribution in [2.24, 2.45) is 0 Å². The smallest absolute Gasteiger partial charge is 0.278 e. The van der Waals surface area contributed by atoms with Crippen LogP contribution in [0.15, 0.2) is 54.6 Å². The summed E-state index contributed by atoms with van der Waals surface area (Å²) in [5, 5.41) is 2.97. The maximum absolute atomic E-state index is 12.9. The fourth-order valence-electron chi connectivity index (χ4n) is 3.51. The minimum atomic E-state index is -0.255. The number of quaternary nitrogens is 1. The number of hydrogen-bond donors (Lipinski definition) is 2. The summed E-state index contributed by atoms with van der Waals surface area (Å²) in [5.41, 5.74) is 1.70. The molecule has 1 aliphatic rings. The first-order chi connectivity index (χ1) is 13.5. The number of nitrogens with zero attached hydrogens (tertiary/aromatic N) is 1. The Morgan fingerprint density at radius 3 is 2.36 bits per heavy atom. The number of hydrogen-bond acceptors (Lipinski definition) is 2. The van der Waals surface area contributed by atoms with Gasteiger partial charge in [-0.25, -0.2) is 4.39 Å². The van der Waals surface area contributed by atoms with Gasteiger partial charge in [0, 0.05) is 12.1 Å². The number of halogens is 1. The molecular weight excluding hydrogens is 357 g/mol. The molecule has 0 bridgehead atoms. The molecule has 0 aliphatic carbocycles. The number of benzene rings is 2. The molecule has 1 fully saturated rings. The second kappa shape index (κ2) is 9.46. The second-order valence-electron chi connectivity index (χ2n) is 7.21. The van der Waals surface area contributed by atoms with E-state index in [1.165, 1.54) is 17.0 Å². The number of rotatable bonds is 6. The van der Waals surface area contributed by atoms with Gasteiger partial charge in [-0.15, -0.1) is 0 Å². The van der Waals surface area contributed by atoms with Crippen molar-refractivity contribution in [3.8, 4) is 0 Å². The molecule has 0 spiro atoms. The first kappa shape index (κ1) is 20.0. The van der Waals surface area contributed by atoms with Gasteiger partial charge in [-0.3, -0.25) is 9.59 Å². The Balaban J connectivity index is 1.42. The van der Waals surface area contributed by atoms with E-state index >= 15 is 0 Å². The molecule has 2 aromatic rings. The van der Waals surface area contributed by atoms with E-state index in [2.05, 4.69) is 5.32 Å². The minimum Gasteiger partial charge on any atom is -0.351 e. The Morgan fingerprint density at radius 1 is 1.07 bits per heavy atom. The lowest BCUT2D eigenvalue weighted by Crippen LogP contribution is -3.19. The molecule has 5 nitrogen and oxygen atoms in total. The van der Waals surface area contributed by atoms with Crippen LogP contribution in [0.5, 0.6) is 0 Å². The summed E-state index contributed by atoms with van der Waals surface area (Å²) in [4.78, 5) is 28.0. The average molecular weight is 384 g/mol. The zero-order valence-electron chi connectivity index (χ0n) is 16.2. The molecule has 2 amide bonds. The number of amides is 2. The lowest BCUT2D eigenvalue weighted by molar-refractivity contribution is -0.917. The van der Waals surface area contributed by atoms with Crippen LogP contribution in [0.1, 0.15) is 22.8 Å². The predicted octanol–water partition coefficient (Wildman–Crippen LogP) is 0.914. The first-order valence-electron chi connectivity index (χ1n) is 9.75. The quantitative estimate of drug-likeness (QED) is 0.778. The third kappa shape index (κ3) is 5.16. The van der Waals surface area contributed by atoms with Gasteiger partial charge in [0.1, 0.15) is 5.82 Å². The summed E-state index contributed by atoms with van der Waals surface area (Å²) < 4.78 is 12.9. The molecule has 0 saturated carbocycles. The van der Waals surface area contributed by atoms with Crippen molar-refractivity contribution >= 4 is 11.8 Å². The third-order valence-electron chi connectivity index (χ3n) is 5.35. The molecular formula is C22H27FN3O2+. The van der Waals surface area contributed by atoms with Crippen LogP contribution in [-0.4, -0.2) is 55.5 Å². The molecule has 3 rings (SSSR count). The van der Waals surface area contributed by atoms with Gasteiger partial charge >= 0.3 is 0 Å². The van der Waals surface area contributed by atoms with E-state index in [-0.39, 0.29) is 23.7 Å². The molecule has 148 valence electrons. The van der Waals surface area contributed by atoms with E-state index < -0.39 is 0 Å². The Bertz CT molecular complexity index is 787. The van der Waals surface area contributed by atoms with Crippen LogP contribution in [0, 0.1) is 5.82 Å². The zero-order valence-corrected chi connectivity index (χ0v) is 16.2. The molecule has 6 heteroatoms. The van der Waals surface area contributed by atoms with Crippen LogP contribution in [-0.2, 0) is 11.2 Å². The van der Waals surface area contributed by atoms with E-state index in [0.29, 0.717) is 31.6 Å². The zero-order chi connectivity index (χ0) is 19.9. The van der Waals surface area contributed by atoms with E-state index in [9.17, 15) is 14.0 Å². The highest BCUT2D eigenvalue weighted by Gasteiger charge is 2.30. The SMILES string of the molecule is C[C@H](C(=O)NCCc1ccc(F)cc1)[NH+]1CCN(C(=O)c2ccccc2)CC1. The molecule has 1 saturated heterocycles. The van der Waals surface area contributed by atoms with Gasteiger partial charge in [0.15, 0.2) is 6.04 Å². The van der Waals surface area contributed by atoms with Gasteiger partial charge in [-0.2, -0.15) is 0 Å². The number of piperazine rings is 1. The third-order valence-corrected chi connectivity index (χ3v) is 5.35. The van der Waals surface area contributed by atoms with Crippen molar-refractivity contribution in [3.05, 3.63) is 71.5 Å².